The monoisotopic (exact) mass is 594 g/mol. The van der Waals surface area contributed by atoms with Crippen LogP contribution in [0.1, 0.15) is 57.6 Å². The van der Waals surface area contributed by atoms with Gasteiger partial charge in [-0.15, -0.1) is 0 Å². The number of carbonyl (C=O) groups is 1. The van der Waals surface area contributed by atoms with Crippen molar-refractivity contribution in [3.63, 3.8) is 0 Å². The Morgan fingerprint density at radius 1 is 0.860 bits per heavy atom. The van der Waals surface area contributed by atoms with Gasteiger partial charge in [0.1, 0.15) is 28.3 Å². The van der Waals surface area contributed by atoms with Crippen LogP contribution in [0, 0.1) is 11.6 Å². The van der Waals surface area contributed by atoms with Crippen molar-refractivity contribution < 1.29 is 27.8 Å². The van der Waals surface area contributed by atoms with E-state index in [1.807, 2.05) is 25.7 Å². The van der Waals surface area contributed by atoms with Crippen LogP contribution in [0.4, 0.5) is 13.6 Å². The number of aromatic nitrogens is 4. The molecule has 1 saturated carbocycles. The third kappa shape index (κ3) is 7.07. The molecule has 2 heterocycles. The molecule has 0 saturated heterocycles. The molecule has 1 aliphatic rings. The molecule has 0 atom stereocenters. The second-order valence-corrected chi connectivity index (χ2v) is 11.7. The van der Waals surface area contributed by atoms with Gasteiger partial charge in [0, 0.05) is 36.3 Å². The number of halogens is 2. The Balaban J connectivity index is 1.48. The minimum atomic E-state index is -0.597. The topological polar surface area (TPSA) is 112 Å². The van der Waals surface area contributed by atoms with Crippen LogP contribution in [-0.4, -0.2) is 62.8 Å². The molecule has 0 radical (unpaired) electrons. The van der Waals surface area contributed by atoms with Gasteiger partial charge in [0.25, 0.3) is 0 Å². The number of ether oxygens (including phenoxy) is 3. The van der Waals surface area contributed by atoms with Gasteiger partial charge < -0.3 is 19.5 Å². The number of hydrogen-bond acceptors (Lipinski definition) is 9. The summed E-state index contributed by atoms with van der Waals surface area (Å²) in [5, 5.41) is 2.96. The van der Waals surface area contributed by atoms with Crippen LogP contribution in [0.15, 0.2) is 36.7 Å². The van der Waals surface area contributed by atoms with E-state index in [0.29, 0.717) is 58.9 Å². The van der Waals surface area contributed by atoms with Gasteiger partial charge in [0.15, 0.2) is 0 Å². The van der Waals surface area contributed by atoms with Gasteiger partial charge in [-0.2, -0.15) is 0 Å². The first-order chi connectivity index (χ1) is 20.5. The SMILES string of the molecule is COc1cnc2ccc(F)c(CN(Cc3c(F)ccc4ncc(OC)nc34)C3CCC(NC(=O)OC(C)(C)C)CC3)c2n1. The molecule has 228 valence electrons. The summed E-state index contributed by atoms with van der Waals surface area (Å²) in [6.07, 6.45) is 5.24. The van der Waals surface area contributed by atoms with Crippen LogP contribution in [0.2, 0.25) is 0 Å². The van der Waals surface area contributed by atoms with Gasteiger partial charge in [-0.3, -0.25) is 4.90 Å². The van der Waals surface area contributed by atoms with E-state index in [-0.39, 0.29) is 36.9 Å². The van der Waals surface area contributed by atoms with E-state index in [0.717, 1.165) is 0 Å². The van der Waals surface area contributed by atoms with E-state index < -0.39 is 23.3 Å². The van der Waals surface area contributed by atoms with Crippen LogP contribution >= 0.6 is 0 Å². The molecule has 2 aromatic heterocycles. The Hall–Kier alpha value is -4.19. The van der Waals surface area contributed by atoms with Crippen LogP contribution in [-0.2, 0) is 17.8 Å². The van der Waals surface area contributed by atoms with Crippen molar-refractivity contribution in [3.05, 3.63) is 59.4 Å². The minimum Gasteiger partial charge on any atom is -0.480 e. The van der Waals surface area contributed by atoms with E-state index in [9.17, 15) is 4.79 Å². The fourth-order valence-electron chi connectivity index (χ4n) is 5.46. The Morgan fingerprint density at radius 3 is 1.79 bits per heavy atom. The maximum atomic E-state index is 15.5. The van der Waals surface area contributed by atoms with Crippen molar-refractivity contribution in [2.75, 3.05) is 14.2 Å². The molecule has 5 rings (SSSR count). The third-order valence-electron chi connectivity index (χ3n) is 7.56. The molecule has 0 bridgehead atoms. The smallest absolute Gasteiger partial charge is 0.407 e. The maximum Gasteiger partial charge on any atom is 0.407 e. The number of methoxy groups -OCH3 is 2. The lowest BCUT2D eigenvalue weighted by atomic mass is 9.89. The van der Waals surface area contributed by atoms with Crippen LogP contribution in [0.25, 0.3) is 22.1 Å². The summed E-state index contributed by atoms with van der Waals surface area (Å²) < 4.78 is 46.9. The lowest BCUT2D eigenvalue weighted by Crippen LogP contribution is -2.45. The van der Waals surface area contributed by atoms with Crippen molar-refractivity contribution in [2.45, 2.75) is 77.2 Å². The van der Waals surface area contributed by atoms with Gasteiger partial charge in [-0.1, -0.05) is 0 Å². The van der Waals surface area contributed by atoms with Crippen LogP contribution in [0.3, 0.4) is 0 Å². The first-order valence-electron chi connectivity index (χ1n) is 14.2. The summed E-state index contributed by atoms with van der Waals surface area (Å²) in [5.41, 5.74) is 1.88. The Bertz CT molecular complexity index is 1530. The van der Waals surface area contributed by atoms with Crippen molar-refractivity contribution in [1.29, 1.82) is 0 Å². The highest BCUT2D eigenvalue weighted by molar-refractivity contribution is 5.79. The molecule has 1 aliphatic carbocycles. The average Bonchev–Trinajstić information content (AvgIpc) is 2.98. The number of benzene rings is 2. The maximum absolute atomic E-state index is 15.5. The first-order valence-corrected chi connectivity index (χ1v) is 14.2. The third-order valence-corrected chi connectivity index (χ3v) is 7.56. The molecule has 1 N–H and O–H groups in total. The Morgan fingerprint density at radius 2 is 1.35 bits per heavy atom. The molecule has 12 heteroatoms. The van der Waals surface area contributed by atoms with Gasteiger partial charge in [0.2, 0.25) is 11.8 Å². The van der Waals surface area contributed by atoms with E-state index in [2.05, 4.69) is 25.3 Å². The summed E-state index contributed by atoms with van der Waals surface area (Å²) >= 11 is 0. The Labute approximate surface area is 248 Å². The molecular formula is C31H36F2N6O4. The average molecular weight is 595 g/mol. The second kappa shape index (κ2) is 12.6. The van der Waals surface area contributed by atoms with Crippen molar-refractivity contribution in [2.24, 2.45) is 0 Å². The Kier molecular flexibility index (Phi) is 8.86. The lowest BCUT2D eigenvalue weighted by molar-refractivity contribution is 0.0472. The van der Waals surface area contributed by atoms with E-state index in [1.54, 1.807) is 12.1 Å². The number of rotatable bonds is 8. The van der Waals surface area contributed by atoms with Crippen molar-refractivity contribution in [3.8, 4) is 11.8 Å². The molecule has 0 unspecified atom stereocenters. The van der Waals surface area contributed by atoms with Gasteiger partial charge >= 0.3 is 6.09 Å². The summed E-state index contributed by atoms with van der Waals surface area (Å²) in [7, 11) is 2.95. The summed E-state index contributed by atoms with van der Waals surface area (Å²) in [5.74, 6) is -0.357. The molecule has 4 aromatic rings. The number of carbonyl (C=O) groups excluding carboxylic acids is 1. The molecule has 1 amide bonds. The number of alkyl carbamates (subject to hydrolysis) is 1. The van der Waals surface area contributed by atoms with Crippen molar-refractivity contribution >= 4 is 28.2 Å². The zero-order valence-corrected chi connectivity index (χ0v) is 25.0. The van der Waals surface area contributed by atoms with Crippen LogP contribution < -0.4 is 14.8 Å². The summed E-state index contributed by atoms with van der Waals surface area (Å²) in [4.78, 5) is 32.2. The molecule has 43 heavy (non-hydrogen) atoms. The highest BCUT2D eigenvalue weighted by atomic mass is 19.1. The molecule has 0 spiro atoms. The number of nitrogens with one attached hydrogen (secondary N) is 1. The van der Waals surface area contributed by atoms with E-state index in [4.69, 9.17) is 14.2 Å². The number of fused-ring (bicyclic) bond motifs is 2. The normalized spacial score (nSPS) is 17.3. The van der Waals surface area contributed by atoms with E-state index in [1.165, 1.54) is 38.7 Å². The quantitative estimate of drug-likeness (QED) is 0.274. The fourth-order valence-corrected chi connectivity index (χ4v) is 5.46. The minimum absolute atomic E-state index is 0.0573. The van der Waals surface area contributed by atoms with E-state index >= 15 is 8.78 Å². The number of nitrogens with zero attached hydrogens (tertiary/aromatic N) is 5. The summed E-state index contributed by atoms with van der Waals surface area (Å²) in [6.45, 7) is 5.72. The molecular weight excluding hydrogens is 558 g/mol. The predicted molar refractivity (Wildman–Crippen MR) is 157 cm³/mol. The standard InChI is InChI=1S/C31H36F2N6O4/c1-31(2,3)43-30(40)36-18-6-8-19(9-7-18)39(16-20-22(32)10-12-24-28(20)37-26(41-4)14-34-24)17-21-23(33)11-13-25-29(21)38-27(42-5)15-35-25/h10-15,18-19H,6-9,16-17H2,1-5H3,(H,36,40). The molecule has 2 aromatic carbocycles. The van der Waals surface area contributed by atoms with Gasteiger partial charge in [-0.05, 0) is 70.7 Å². The van der Waals surface area contributed by atoms with Gasteiger partial charge in [0.05, 0.1) is 37.6 Å². The predicted octanol–water partition coefficient (Wildman–Crippen LogP) is 5.71. The highest BCUT2D eigenvalue weighted by Gasteiger charge is 2.30. The highest BCUT2D eigenvalue weighted by Crippen LogP contribution is 2.31. The number of amides is 1. The molecule has 10 nitrogen and oxygen atoms in total. The largest absolute Gasteiger partial charge is 0.480 e. The zero-order chi connectivity index (χ0) is 30.7. The van der Waals surface area contributed by atoms with Gasteiger partial charge in [-0.25, -0.2) is 33.5 Å². The van der Waals surface area contributed by atoms with Crippen molar-refractivity contribution in [1.82, 2.24) is 30.2 Å². The second-order valence-electron chi connectivity index (χ2n) is 11.7. The van der Waals surface area contributed by atoms with Crippen LogP contribution in [0.5, 0.6) is 11.8 Å². The molecule has 0 aliphatic heterocycles. The first kappa shape index (κ1) is 30.3. The number of hydrogen-bond donors (Lipinski definition) is 1. The molecule has 1 fully saturated rings. The lowest BCUT2D eigenvalue weighted by Gasteiger charge is -2.37. The summed E-state index contributed by atoms with van der Waals surface area (Å²) in [6, 6.07) is 5.76. The fraction of sp³-hybridized carbons (Fsp3) is 0.452. The zero-order valence-electron chi connectivity index (χ0n) is 25.0.